The van der Waals surface area contributed by atoms with Gasteiger partial charge in [-0.3, -0.25) is 0 Å². The summed E-state index contributed by atoms with van der Waals surface area (Å²) in [5, 5.41) is 3.88. The summed E-state index contributed by atoms with van der Waals surface area (Å²) in [6.45, 7) is 8.16. The lowest BCUT2D eigenvalue weighted by molar-refractivity contribution is 0.353. The fraction of sp³-hybridized carbons (Fsp3) is 0.619. The maximum atomic E-state index is 12.7. The summed E-state index contributed by atoms with van der Waals surface area (Å²) in [5.41, 5.74) is 1.13. The van der Waals surface area contributed by atoms with Gasteiger partial charge in [0.05, 0.1) is 4.90 Å². The average molecular weight is 421 g/mol. The number of hydrogen-bond donors (Lipinski definition) is 0. The van der Waals surface area contributed by atoms with E-state index in [1.165, 1.54) is 23.6 Å². The third-order valence-electron chi connectivity index (χ3n) is 5.53. The van der Waals surface area contributed by atoms with Crippen LogP contribution < -0.4 is 4.90 Å². The Morgan fingerprint density at radius 3 is 2.10 bits per heavy atom. The van der Waals surface area contributed by atoms with Crippen molar-refractivity contribution < 1.29 is 12.9 Å². The van der Waals surface area contributed by atoms with E-state index in [0.29, 0.717) is 49.3 Å². The lowest BCUT2D eigenvalue weighted by Gasteiger charge is -2.32. The monoisotopic (exact) mass is 420 g/mol. The molecule has 1 aliphatic heterocycles. The molecule has 2 fully saturated rings. The van der Waals surface area contributed by atoms with Crippen LogP contribution in [-0.4, -0.2) is 49.0 Å². The third kappa shape index (κ3) is 5.57. The topological polar surface area (TPSA) is 79.5 Å². The van der Waals surface area contributed by atoms with Crippen LogP contribution >= 0.6 is 0 Å². The van der Waals surface area contributed by atoms with Gasteiger partial charge < -0.3 is 9.42 Å². The van der Waals surface area contributed by atoms with Crippen LogP contribution in [0.25, 0.3) is 0 Å². The Morgan fingerprint density at radius 2 is 1.66 bits per heavy atom. The van der Waals surface area contributed by atoms with Crippen molar-refractivity contribution in [1.29, 1.82) is 0 Å². The Kier molecular flexibility index (Phi) is 7.29. The van der Waals surface area contributed by atoms with Crippen molar-refractivity contribution in [2.75, 3.05) is 31.1 Å². The highest BCUT2D eigenvalue weighted by molar-refractivity contribution is 7.89. The van der Waals surface area contributed by atoms with Gasteiger partial charge in [0.1, 0.15) is 0 Å². The van der Waals surface area contributed by atoms with Gasteiger partial charge >= 0.3 is 6.01 Å². The number of rotatable bonds is 6. The molecule has 1 saturated heterocycles. The van der Waals surface area contributed by atoms with E-state index >= 15 is 0 Å². The van der Waals surface area contributed by atoms with Gasteiger partial charge in [0.15, 0.2) is 5.82 Å². The van der Waals surface area contributed by atoms with Gasteiger partial charge in [0.25, 0.3) is 0 Å². The predicted molar refractivity (Wildman–Crippen MR) is 113 cm³/mol. The summed E-state index contributed by atoms with van der Waals surface area (Å²) in [6.07, 6.45) is 6.04. The van der Waals surface area contributed by atoms with E-state index in [2.05, 4.69) is 17.1 Å². The number of benzene rings is 1. The van der Waals surface area contributed by atoms with Crippen LogP contribution in [0, 0.1) is 5.92 Å². The Bertz CT molecular complexity index is 868. The molecule has 0 spiro atoms. The predicted octanol–water partition coefficient (Wildman–Crippen LogP) is 3.51. The molecule has 0 unspecified atom stereocenters. The van der Waals surface area contributed by atoms with Gasteiger partial charge in [-0.25, -0.2) is 8.42 Å². The minimum Gasteiger partial charge on any atom is -0.322 e. The first kappa shape index (κ1) is 21.8. The van der Waals surface area contributed by atoms with Gasteiger partial charge in [-0.1, -0.05) is 57.3 Å². The third-order valence-corrected chi connectivity index (χ3v) is 7.44. The fourth-order valence-corrected chi connectivity index (χ4v) is 4.63. The van der Waals surface area contributed by atoms with E-state index in [1.807, 2.05) is 30.9 Å². The van der Waals surface area contributed by atoms with Crippen LogP contribution in [0.3, 0.4) is 0 Å². The van der Waals surface area contributed by atoms with Crippen LogP contribution in [-0.2, 0) is 22.9 Å². The lowest BCUT2D eigenvalue weighted by Crippen LogP contribution is -2.48. The van der Waals surface area contributed by atoms with Crippen molar-refractivity contribution in [1.82, 2.24) is 14.4 Å². The molecule has 7 nitrogen and oxygen atoms in total. The summed E-state index contributed by atoms with van der Waals surface area (Å²) in [4.78, 5) is 6.57. The minimum absolute atomic E-state index is 0.346. The normalized spacial score (nSPS) is 17.7. The van der Waals surface area contributed by atoms with E-state index in [9.17, 15) is 8.42 Å². The second-order valence-electron chi connectivity index (χ2n) is 7.59. The van der Waals surface area contributed by atoms with Crippen LogP contribution in [0.15, 0.2) is 33.7 Å². The molecule has 1 aliphatic carbocycles. The highest BCUT2D eigenvalue weighted by atomic mass is 32.2. The molecule has 160 valence electrons. The van der Waals surface area contributed by atoms with Gasteiger partial charge in [0, 0.05) is 32.6 Å². The first-order valence-electron chi connectivity index (χ1n) is 10.6. The van der Waals surface area contributed by atoms with Crippen molar-refractivity contribution >= 4 is 16.0 Å². The number of piperazine rings is 1. The van der Waals surface area contributed by atoms with E-state index in [0.717, 1.165) is 17.9 Å². The van der Waals surface area contributed by atoms with Crippen LogP contribution in [0.1, 0.15) is 51.4 Å². The first-order chi connectivity index (χ1) is 14.0. The molecule has 1 aromatic heterocycles. The van der Waals surface area contributed by atoms with Gasteiger partial charge in [-0.05, 0) is 30.0 Å². The number of sulfonamides is 1. The van der Waals surface area contributed by atoms with Gasteiger partial charge in [-0.15, -0.1) is 0 Å². The van der Waals surface area contributed by atoms with E-state index < -0.39 is 10.0 Å². The molecule has 0 N–H and O–H groups in total. The minimum atomic E-state index is -3.45. The number of aromatic nitrogens is 2. The summed E-state index contributed by atoms with van der Waals surface area (Å²) in [5.74, 6) is 1.80. The highest BCUT2D eigenvalue weighted by Gasteiger charge is 2.30. The molecule has 2 aromatic rings. The summed E-state index contributed by atoms with van der Waals surface area (Å²) in [7, 11) is -3.45. The number of anilines is 1. The van der Waals surface area contributed by atoms with Crippen LogP contribution in [0.5, 0.6) is 0 Å². The molecule has 2 heterocycles. The second-order valence-corrected chi connectivity index (χ2v) is 9.52. The molecule has 1 aromatic carbocycles. The van der Waals surface area contributed by atoms with E-state index in [4.69, 9.17) is 4.52 Å². The van der Waals surface area contributed by atoms with Crippen molar-refractivity contribution in [3.63, 3.8) is 0 Å². The smallest absolute Gasteiger partial charge is 0.322 e. The number of nitrogens with zero attached hydrogens (tertiary/aromatic N) is 4. The zero-order chi connectivity index (χ0) is 20.9. The quantitative estimate of drug-likeness (QED) is 0.711. The molecule has 0 atom stereocenters. The molecule has 4 rings (SSSR count). The van der Waals surface area contributed by atoms with Crippen LogP contribution in [0.2, 0.25) is 0 Å². The molecule has 2 aliphatic rings. The number of aryl methyl sites for hydroxylation is 2. The Balaban J connectivity index is 0.000000419. The van der Waals surface area contributed by atoms with Crippen LogP contribution in [0.4, 0.5) is 6.01 Å². The Labute approximate surface area is 174 Å². The SMILES string of the molecule is CCC1CC1.CCc1ccc(S(=O)(=O)N2CCN(c3nc(CC)no3)CC2)cc1. The van der Waals surface area contributed by atoms with Crippen molar-refractivity contribution in [2.24, 2.45) is 5.92 Å². The molecule has 8 heteroatoms. The zero-order valence-electron chi connectivity index (χ0n) is 17.7. The average Bonchev–Trinajstić information content (AvgIpc) is 3.49. The molecule has 1 saturated carbocycles. The van der Waals surface area contributed by atoms with Crippen molar-refractivity contribution in [3.8, 4) is 0 Å². The molecule has 0 amide bonds. The fourth-order valence-electron chi connectivity index (χ4n) is 3.21. The largest absolute Gasteiger partial charge is 0.324 e. The maximum Gasteiger partial charge on any atom is 0.324 e. The Hall–Kier alpha value is -1.93. The molecule has 0 bridgehead atoms. The summed E-state index contributed by atoms with van der Waals surface area (Å²) < 4.78 is 32.2. The van der Waals surface area contributed by atoms with Crippen molar-refractivity contribution in [2.45, 2.75) is 57.8 Å². The molecule has 29 heavy (non-hydrogen) atoms. The zero-order valence-corrected chi connectivity index (χ0v) is 18.5. The highest BCUT2D eigenvalue weighted by Crippen LogP contribution is 2.31. The number of hydrogen-bond acceptors (Lipinski definition) is 6. The molecular formula is C21H32N4O3S. The summed E-state index contributed by atoms with van der Waals surface area (Å²) in [6, 6.07) is 7.58. The first-order valence-corrected chi connectivity index (χ1v) is 12.1. The van der Waals surface area contributed by atoms with E-state index in [1.54, 1.807) is 12.1 Å². The van der Waals surface area contributed by atoms with E-state index in [-0.39, 0.29) is 0 Å². The second kappa shape index (κ2) is 9.71. The maximum absolute atomic E-state index is 12.7. The molecule has 0 radical (unpaired) electrons. The standard InChI is InChI=1S/C16H22N4O3S.C5H10/c1-3-13-5-7-14(8-6-13)24(21,22)20-11-9-19(10-12-20)16-17-15(4-2)18-23-16;1-2-5-3-4-5/h5-8H,3-4,9-12H2,1-2H3;5H,2-4H2,1H3. The Morgan fingerprint density at radius 1 is 1.00 bits per heavy atom. The van der Waals surface area contributed by atoms with Gasteiger partial charge in [0.2, 0.25) is 10.0 Å². The van der Waals surface area contributed by atoms with Crippen molar-refractivity contribution in [3.05, 3.63) is 35.7 Å². The lowest BCUT2D eigenvalue weighted by atomic mass is 10.2. The summed E-state index contributed by atoms with van der Waals surface area (Å²) >= 11 is 0. The van der Waals surface area contributed by atoms with Gasteiger partial charge in [-0.2, -0.15) is 9.29 Å². The molecular weight excluding hydrogens is 388 g/mol.